The molecule has 2 aromatic rings. The molecule has 0 spiro atoms. The maximum absolute atomic E-state index is 12.3. The minimum Gasteiger partial charge on any atom is -0.462 e. The average molecular weight is 386 g/mol. The summed E-state index contributed by atoms with van der Waals surface area (Å²) in [5.41, 5.74) is 2.54. The highest BCUT2D eigenvalue weighted by atomic mass is 16.5. The number of aromatic nitrogens is 1. The van der Waals surface area contributed by atoms with Crippen molar-refractivity contribution in [3.05, 3.63) is 58.4 Å². The average Bonchev–Trinajstić information content (AvgIpc) is 2.99. The van der Waals surface area contributed by atoms with Crippen molar-refractivity contribution in [3.63, 3.8) is 0 Å². The smallest absolute Gasteiger partial charge is 0.355 e. The van der Waals surface area contributed by atoms with Gasteiger partial charge in [0.25, 0.3) is 5.91 Å². The van der Waals surface area contributed by atoms with E-state index in [1.54, 1.807) is 20.8 Å². The molecule has 0 aliphatic carbocycles. The predicted octanol–water partition coefficient (Wildman–Crippen LogP) is 2.88. The Labute approximate surface area is 164 Å². The molecule has 1 heterocycles. The highest BCUT2D eigenvalue weighted by molar-refractivity contribution is 5.99. The van der Waals surface area contributed by atoms with Gasteiger partial charge in [0, 0.05) is 12.2 Å². The van der Waals surface area contributed by atoms with Crippen LogP contribution in [0.15, 0.2) is 30.3 Å². The molecule has 0 saturated heterocycles. The number of aromatic amines is 1. The first-order valence-corrected chi connectivity index (χ1v) is 9.20. The maximum atomic E-state index is 12.3. The zero-order chi connectivity index (χ0) is 20.7. The Morgan fingerprint density at radius 2 is 1.75 bits per heavy atom. The number of hydrogen-bond donors (Lipinski definition) is 2. The number of carbonyl (C=O) groups is 3. The summed E-state index contributed by atoms with van der Waals surface area (Å²) >= 11 is 0. The predicted molar refractivity (Wildman–Crippen MR) is 104 cm³/mol. The number of ether oxygens (including phenoxy) is 2. The highest BCUT2D eigenvalue weighted by Gasteiger charge is 2.24. The van der Waals surface area contributed by atoms with E-state index in [1.807, 2.05) is 37.3 Å². The Bertz CT molecular complexity index is 842. The molecule has 0 aliphatic rings. The number of carbonyl (C=O) groups excluding carboxylic acids is 3. The van der Waals surface area contributed by atoms with Gasteiger partial charge in [-0.25, -0.2) is 9.59 Å². The number of hydrogen-bond acceptors (Lipinski definition) is 5. The van der Waals surface area contributed by atoms with Crippen molar-refractivity contribution in [1.29, 1.82) is 0 Å². The minimum absolute atomic E-state index is 0.140. The third-order valence-corrected chi connectivity index (χ3v) is 4.43. The van der Waals surface area contributed by atoms with Crippen molar-refractivity contribution in [2.24, 2.45) is 0 Å². The van der Waals surface area contributed by atoms with Crippen molar-refractivity contribution in [2.45, 2.75) is 33.6 Å². The highest BCUT2D eigenvalue weighted by Crippen LogP contribution is 2.20. The van der Waals surface area contributed by atoms with Gasteiger partial charge in [-0.15, -0.1) is 0 Å². The van der Waals surface area contributed by atoms with E-state index < -0.39 is 18.5 Å². The van der Waals surface area contributed by atoms with Crippen LogP contribution in [0.4, 0.5) is 0 Å². The van der Waals surface area contributed by atoms with Gasteiger partial charge in [0.05, 0.1) is 12.2 Å². The lowest BCUT2D eigenvalue weighted by atomic mass is 10.0. The van der Waals surface area contributed by atoms with E-state index in [9.17, 15) is 14.4 Å². The van der Waals surface area contributed by atoms with Crippen LogP contribution in [0.1, 0.15) is 57.4 Å². The Balaban J connectivity index is 1.89. The molecule has 7 nitrogen and oxygen atoms in total. The van der Waals surface area contributed by atoms with Crippen molar-refractivity contribution >= 4 is 17.8 Å². The van der Waals surface area contributed by atoms with Crippen molar-refractivity contribution in [1.82, 2.24) is 10.3 Å². The molecule has 1 atom stereocenters. The summed E-state index contributed by atoms with van der Waals surface area (Å²) in [7, 11) is 0. The van der Waals surface area contributed by atoms with Crippen molar-refractivity contribution in [2.75, 3.05) is 19.8 Å². The molecule has 0 saturated carbocycles. The third kappa shape index (κ3) is 5.22. The van der Waals surface area contributed by atoms with E-state index in [-0.39, 0.29) is 24.1 Å². The van der Waals surface area contributed by atoms with Crippen molar-refractivity contribution in [3.8, 4) is 0 Å². The second kappa shape index (κ2) is 9.73. The summed E-state index contributed by atoms with van der Waals surface area (Å²) in [6, 6.07) is 9.82. The molecule has 150 valence electrons. The second-order valence-corrected chi connectivity index (χ2v) is 6.54. The number of benzene rings is 1. The van der Waals surface area contributed by atoms with Crippen molar-refractivity contribution < 1.29 is 23.9 Å². The number of rotatable bonds is 8. The van der Waals surface area contributed by atoms with Gasteiger partial charge in [-0.1, -0.05) is 37.3 Å². The van der Waals surface area contributed by atoms with E-state index in [1.165, 1.54) is 0 Å². The van der Waals surface area contributed by atoms with Crippen LogP contribution in [0.5, 0.6) is 0 Å². The van der Waals surface area contributed by atoms with Gasteiger partial charge in [0.1, 0.15) is 5.69 Å². The van der Waals surface area contributed by atoms with Gasteiger partial charge in [0.2, 0.25) is 0 Å². The molecule has 1 unspecified atom stereocenters. The molecule has 1 amide bonds. The Morgan fingerprint density at radius 1 is 1.07 bits per heavy atom. The number of H-pyrrole nitrogens is 1. The Hall–Kier alpha value is -3.09. The van der Waals surface area contributed by atoms with Crippen LogP contribution < -0.4 is 5.32 Å². The molecule has 1 aromatic heterocycles. The number of esters is 2. The molecule has 28 heavy (non-hydrogen) atoms. The zero-order valence-corrected chi connectivity index (χ0v) is 16.6. The molecule has 0 bridgehead atoms. The van der Waals surface area contributed by atoms with Gasteiger partial charge >= 0.3 is 11.9 Å². The molecule has 1 aromatic carbocycles. The Morgan fingerprint density at radius 3 is 2.39 bits per heavy atom. The monoisotopic (exact) mass is 386 g/mol. The largest absolute Gasteiger partial charge is 0.462 e. The minimum atomic E-state index is -0.692. The van der Waals surface area contributed by atoms with Crippen LogP contribution in [0.3, 0.4) is 0 Å². The SMILES string of the molecule is CCOC(=O)c1c(C)[nH]c(C(=O)OCC(=O)NCC(C)c2ccccc2)c1C. The molecule has 7 heteroatoms. The summed E-state index contributed by atoms with van der Waals surface area (Å²) in [6.45, 7) is 7.30. The molecule has 2 N–H and O–H groups in total. The van der Waals surface area contributed by atoms with Crippen LogP contribution in [0.2, 0.25) is 0 Å². The molecule has 0 aliphatic heterocycles. The number of nitrogens with one attached hydrogen (secondary N) is 2. The normalized spacial score (nSPS) is 11.6. The fourth-order valence-electron chi connectivity index (χ4n) is 2.88. The first kappa shape index (κ1) is 21.2. The number of amides is 1. The Kier molecular flexibility index (Phi) is 7.37. The quantitative estimate of drug-likeness (QED) is 0.680. The molecule has 2 rings (SSSR count). The summed E-state index contributed by atoms with van der Waals surface area (Å²) in [6.07, 6.45) is 0. The molecular weight excluding hydrogens is 360 g/mol. The van der Waals surface area contributed by atoms with Crippen LogP contribution in [0, 0.1) is 13.8 Å². The number of aryl methyl sites for hydroxylation is 1. The lowest BCUT2D eigenvalue weighted by Gasteiger charge is -2.13. The van der Waals surface area contributed by atoms with E-state index in [0.29, 0.717) is 23.4 Å². The maximum Gasteiger partial charge on any atom is 0.355 e. The first-order chi connectivity index (χ1) is 13.3. The van der Waals surface area contributed by atoms with Crippen LogP contribution in [-0.2, 0) is 14.3 Å². The molecule has 0 fully saturated rings. The fourth-order valence-corrected chi connectivity index (χ4v) is 2.88. The van der Waals surface area contributed by atoms with Gasteiger partial charge in [-0.3, -0.25) is 4.79 Å². The van der Waals surface area contributed by atoms with Crippen LogP contribution in [0.25, 0.3) is 0 Å². The topological polar surface area (TPSA) is 97.5 Å². The van der Waals surface area contributed by atoms with Crippen LogP contribution in [-0.4, -0.2) is 42.6 Å². The first-order valence-electron chi connectivity index (χ1n) is 9.20. The molecule has 0 radical (unpaired) electrons. The standard InChI is InChI=1S/C21H26N2O5/c1-5-27-20(25)18-14(3)19(23-15(18)4)21(26)28-12-17(24)22-11-13(2)16-9-7-6-8-10-16/h6-10,13,23H,5,11-12H2,1-4H3,(H,22,24). The lowest BCUT2D eigenvalue weighted by molar-refractivity contribution is -0.124. The fraction of sp³-hybridized carbons (Fsp3) is 0.381. The summed E-state index contributed by atoms with van der Waals surface area (Å²) in [5, 5.41) is 2.75. The molecular formula is C21H26N2O5. The van der Waals surface area contributed by atoms with E-state index in [4.69, 9.17) is 9.47 Å². The van der Waals surface area contributed by atoms with Gasteiger partial charge in [-0.2, -0.15) is 0 Å². The van der Waals surface area contributed by atoms with E-state index in [0.717, 1.165) is 5.56 Å². The summed E-state index contributed by atoms with van der Waals surface area (Å²) in [4.78, 5) is 39.1. The van der Waals surface area contributed by atoms with Gasteiger partial charge in [-0.05, 0) is 37.8 Å². The van der Waals surface area contributed by atoms with E-state index >= 15 is 0 Å². The van der Waals surface area contributed by atoms with Crippen LogP contribution >= 0.6 is 0 Å². The zero-order valence-electron chi connectivity index (χ0n) is 16.6. The summed E-state index contributed by atoms with van der Waals surface area (Å²) < 4.78 is 10.1. The van der Waals surface area contributed by atoms with E-state index in [2.05, 4.69) is 10.3 Å². The summed E-state index contributed by atoms with van der Waals surface area (Å²) in [5.74, 6) is -1.44. The third-order valence-electron chi connectivity index (χ3n) is 4.43. The second-order valence-electron chi connectivity index (χ2n) is 6.54. The van der Waals surface area contributed by atoms with Gasteiger partial charge < -0.3 is 19.8 Å². The lowest BCUT2D eigenvalue weighted by Crippen LogP contribution is -2.31. The van der Waals surface area contributed by atoms with Gasteiger partial charge in [0.15, 0.2) is 6.61 Å².